The Morgan fingerprint density at radius 2 is 0.903 bits per heavy atom. The van der Waals surface area contributed by atoms with Gasteiger partial charge in [-0.1, -0.05) is 24.3 Å². The van der Waals surface area contributed by atoms with Crippen molar-refractivity contribution in [2.24, 2.45) is 0 Å². The van der Waals surface area contributed by atoms with E-state index < -0.39 is 10.4 Å². The zero-order valence-corrected chi connectivity index (χ0v) is 18.0. The minimum absolute atomic E-state index is 0. The number of hydrogen-bond acceptors (Lipinski definition) is 6. The van der Waals surface area contributed by atoms with E-state index in [1.807, 2.05) is 0 Å². The van der Waals surface area contributed by atoms with Crippen LogP contribution in [0, 0.1) is 11.6 Å². The summed E-state index contributed by atoms with van der Waals surface area (Å²) in [5, 5.41) is 6.54. The summed E-state index contributed by atoms with van der Waals surface area (Å²) in [5.41, 5.74) is 2.12. The monoisotopic (exact) mass is 527 g/mol. The molecule has 0 atom stereocenters. The Balaban J connectivity index is -0.000000129. The molecule has 187 valence electrons. The largest absolute Gasteiger partial charge is 2.00 e. The predicted octanol–water partition coefficient (Wildman–Crippen LogP) is -2.81. The maximum atomic E-state index is 12.7. The second-order valence-corrected chi connectivity index (χ2v) is 5.83. The van der Waals surface area contributed by atoms with Crippen molar-refractivity contribution < 1.29 is 70.8 Å². The average Bonchev–Trinajstić information content (AvgIpc) is 2.52. The van der Waals surface area contributed by atoms with Crippen LogP contribution in [0.15, 0.2) is 48.5 Å². The van der Waals surface area contributed by atoms with Crippen LogP contribution in [0.5, 0.6) is 0 Å². The minimum Gasteiger partial charge on any atom is -0.759 e. The van der Waals surface area contributed by atoms with Gasteiger partial charge in [0.15, 0.2) is 0 Å². The molecule has 0 unspecified atom stereocenters. The quantitative estimate of drug-likeness (QED) is 0.126. The van der Waals surface area contributed by atoms with Gasteiger partial charge in [-0.15, -0.1) is 0 Å². The Morgan fingerprint density at radius 3 is 1.13 bits per heavy atom. The van der Waals surface area contributed by atoms with Gasteiger partial charge in [-0.05, 0) is 35.4 Å². The third kappa shape index (κ3) is 26.4. The summed E-state index contributed by atoms with van der Waals surface area (Å²) >= 11 is 0. The first-order valence-electron chi connectivity index (χ1n) is 7.31. The van der Waals surface area contributed by atoms with E-state index in [1.165, 1.54) is 24.3 Å². The molecule has 2 aromatic carbocycles. The first-order chi connectivity index (χ1) is 11.7. The number of rotatable bonds is 7. The third-order valence-corrected chi connectivity index (χ3v) is 2.96. The molecule has 0 amide bonds. The van der Waals surface area contributed by atoms with E-state index in [1.54, 1.807) is 24.3 Å². The van der Waals surface area contributed by atoms with Crippen molar-refractivity contribution in [3.05, 3.63) is 71.3 Å². The van der Waals surface area contributed by atoms with Crippen molar-refractivity contribution in [2.75, 3.05) is 13.1 Å². The molecule has 0 saturated heterocycles. The summed E-state index contributed by atoms with van der Waals surface area (Å²) < 4.78 is 59.5. The first kappa shape index (κ1) is 43.3. The van der Waals surface area contributed by atoms with Crippen LogP contribution in [0.3, 0.4) is 0 Å². The van der Waals surface area contributed by atoms with Gasteiger partial charge in [-0.2, -0.15) is 0 Å². The van der Waals surface area contributed by atoms with Crippen molar-refractivity contribution in [1.82, 2.24) is 10.6 Å². The van der Waals surface area contributed by atoms with Crippen LogP contribution in [0.2, 0.25) is 0 Å². The van der Waals surface area contributed by atoms with Gasteiger partial charge in [-0.3, -0.25) is 8.42 Å². The molecule has 0 aliphatic carbocycles. The summed E-state index contributed by atoms with van der Waals surface area (Å²) in [4.78, 5) is 0. The van der Waals surface area contributed by atoms with Gasteiger partial charge in [0.05, 0.1) is 0 Å². The molecule has 0 aliphatic rings. The Bertz CT molecular complexity index is 682. The van der Waals surface area contributed by atoms with E-state index in [4.69, 9.17) is 17.5 Å². The number of halogens is 2. The standard InChI is InChI=1S/C16H18F2N2.Cu.H2O4S.5H2O/c17-15-5-1-13(2-6-15)11-19-9-10-20-12-14-3-7-16(18)8-4-14;;1-5(2,3)4;;;;;/h1-8,19-20H,9-12H2;;(H2,1,2,3,4);5*1H2/q;+2;;;;;;. The van der Waals surface area contributed by atoms with Crippen LogP contribution in [-0.2, 0) is 51.5 Å². The molecular weight excluding hydrogens is 498 g/mol. The topological polar surface area (TPSA) is 265 Å². The Hall–Kier alpha value is -1.59. The van der Waals surface area contributed by atoms with E-state index in [9.17, 15) is 8.78 Å². The smallest absolute Gasteiger partial charge is 0.759 e. The van der Waals surface area contributed by atoms with E-state index in [2.05, 4.69) is 10.6 Å². The van der Waals surface area contributed by atoms with Crippen molar-refractivity contribution in [3.8, 4) is 0 Å². The Labute approximate surface area is 189 Å². The molecule has 0 fully saturated rings. The molecule has 0 aliphatic heterocycles. The molecule has 14 N–H and O–H groups in total. The molecule has 2 aromatic rings. The summed E-state index contributed by atoms with van der Waals surface area (Å²) in [6.45, 7) is 3.08. The molecule has 1 radical (unpaired) electrons. The SMILES string of the molecule is Fc1ccc(CNCCNCc2ccc(F)cc2)cc1.O.O.O.O=S(=O)([O-])[O-].[Cu+2].[OH3+].[OH3+]. The van der Waals surface area contributed by atoms with Gasteiger partial charge < -0.3 is 47.1 Å². The maximum absolute atomic E-state index is 12.7. The van der Waals surface area contributed by atoms with Gasteiger partial charge in [0, 0.05) is 36.6 Å². The molecule has 2 rings (SSSR count). The van der Waals surface area contributed by atoms with Crippen LogP contribution in [0.4, 0.5) is 8.78 Å². The molecule has 31 heavy (non-hydrogen) atoms. The van der Waals surface area contributed by atoms with Gasteiger partial charge in [0.25, 0.3) is 0 Å². The van der Waals surface area contributed by atoms with E-state index in [-0.39, 0.29) is 56.1 Å². The number of hydrogen-bond donors (Lipinski definition) is 2. The van der Waals surface area contributed by atoms with Crippen molar-refractivity contribution in [3.63, 3.8) is 0 Å². The summed E-state index contributed by atoms with van der Waals surface area (Å²) in [6, 6.07) is 12.9. The Morgan fingerprint density at radius 1 is 0.677 bits per heavy atom. The fourth-order valence-corrected chi connectivity index (χ4v) is 1.85. The van der Waals surface area contributed by atoms with E-state index in [0.29, 0.717) is 0 Å². The minimum atomic E-state index is -5.17. The van der Waals surface area contributed by atoms with Crippen LogP contribution in [-0.4, -0.2) is 47.0 Å². The Kier molecular flexibility index (Phi) is 32.2. The zero-order valence-electron chi connectivity index (χ0n) is 16.2. The van der Waals surface area contributed by atoms with Crippen LogP contribution in [0.25, 0.3) is 0 Å². The second kappa shape index (κ2) is 23.1. The van der Waals surface area contributed by atoms with Gasteiger partial charge in [0.1, 0.15) is 11.6 Å². The number of benzene rings is 2. The summed E-state index contributed by atoms with van der Waals surface area (Å²) in [5.74, 6) is -0.426. The fourth-order valence-electron chi connectivity index (χ4n) is 1.85. The molecule has 0 saturated carbocycles. The normalized spacial score (nSPS) is 8.77. The van der Waals surface area contributed by atoms with Crippen molar-refractivity contribution >= 4 is 10.4 Å². The molecule has 0 aromatic heterocycles. The van der Waals surface area contributed by atoms with Crippen LogP contribution in [0.1, 0.15) is 11.1 Å². The van der Waals surface area contributed by atoms with Crippen LogP contribution >= 0.6 is 0 Å². The summed E-state index contributed by atoms with van der Waals surface area (Å²) in [7, 11) is -5.17. The van der Waals surface area contributed by atoms with Gasteiger partial charge in [0.2, 0.25) is 0 Å². The van der Waals surface area contributed by atoms with Gasteiger partial charge >= 0.3 is 17.1 Å². The average molecular weight is 528 g/mol. The molecule has 0 heterocycles. The van der Waals surface area contributed by atoms with E-state index in [0.717, 1.165) is 37.3 Å². The maximum Gasteiger partial charge on any atom is 2.00 e. The molecular formula is C16H30CuF2N2O9S+2. The van der Waals surface area contributed by atoms with E-state index >= 15 is 0 Å². The number of nitrogens with one attached hydrogen (secondary N) is 2. The fraction of sp³-hybridized carbons (Fsp3) is 0.250. The summed E-state index contributed by atoms with van der Waals surface area (Å²) in [6.07, 6.45) is 0. The molecule has 0 bridgehead atoms. The van der Waals surface area contributed by atoms with Crippen molar-refractivity contribution in [2.45, 2.75) is 13.1 Å². The first-order valence-corrected chi connectivity index (χ1v) is 8.64. The van der Waals surface area contributed by atoms with Crippen molar-refractivity contribution in [1.29, 1.82) is 0 Å². The second-order valence-electron chi connectivity index (χ2n) is 5.01. The zero-order chi connectivity index (χ0) is 18.7. The molecule has 0 spiro atoms. The van der Waals surface area contributed by atoms with Crippen LogP contribution < -0.4 is 10.6 Å². The predicted molar refractivity (Wildman–Crippen MR) is 107 cm³/mol. The third-order valence-electron chi connectivity index (χ3n) is 2.96. The van der Waals surface area contributed by atoms with Gasteiger partial charge in [-0.25, -0.2) is 8.78 Å². The molecule has 11 nitrogen and oxygen atoms in total. The molecule has 15 heteroatoms.